The second-order valence-electron chi connectivity index (χ2n) is 28.2. The summed E-state index contributed by atoms with van der Waals surface area (Å²) in [5.41, 5.74) is 0. The van der Waals surface area contributed by atoms with Crippen LogP contribution in [0.2, 0.25) is 0 Å². The molecule has 96 heavy (non-hydrogen) atoms. The minimum Gasteiger partial charge on any atom is -0.462 e. The molecule has 0 aromatic carbocycles. The summed E-state index contributed by atoms with van der Waals surface area (Å²) >= 11 is 0. The molecular formula is C77H150O17P2. The summed E-state index contributed by atoms with van der Waals surface area (Å²) in [7, 11) is -9.91. The Labute approximate surface area is 588 Å². The Morgan fingerprint density at radius 3 is 0.740 bits per heavy atom. The van der Waals surface area contributed by atoms with Crippen LogP contribution in [0.5, 0.6) is 0 Å². The molecule has 0 aromatic heterocycles. The van der Waals surface area contributed by atoms with Gasteiger partial charge < -0.3 is 33.8 Å². The van der Waals surface area contributed by atoms with E-state index < -0.39 is 97.5 Å². The number of phosphoric ester groups is 2. The van der Waals surface area contributed by atoms with E-state index in [9.17, 15) is 43.2 Å². The van der Waals surface area contributed by atoms with Gasteiger partial charge in [-0.05, 0) is 37.5 Å². The van der Waals surface area contributed by atoms with Crippen molar-refractivity contribution in [2.75, 3.05) is 39.6 Å². The number of unbranched alkanes of at least 4 members (excludes halogenated alkanes) is 44. The smallest absolute Gasteiger partial charge is 0.462 e. The van der Waals surface area contributed by atoms with Crippen molar-refractivity contribution in [3.05, 3.63) is 0 Å². The van der Waals surface area contributed by atoms with Gasteiger partial charge in [0.1, 0.15) is 19.3 Å². The van der Waals surface area contributed by atoms with Crippen LogP contribution in [0, 0.1) is 11.8 Å². The zero-order chi connectivity index (χ0) is 70.7. The molecule has 0 amide bonds. The first-order valence-electron chi connectivity index (χ1n) is 40.1. The Morgan fingerprint density at radius 2 is 0.500 bits per heavy atom. The van der Waals surface area contributed by atoms with Gasteiger partial charge in [0.15, 0.2) is 12.2 Å². The van der Waals surface area contributed by atoms with Crippen molar-refractivity contribution in [3.8, 4) is 0 Å². The van der Waals surface area contributed by atoms with Gasteiger partial charge in [-0.2, -0.15) is 0 Å². The summed E-state index contributed by atoms with van der Waals surface area (Å²) in [6, 6.07) is 0. The predicted molar refractivity (Wildman–Crippen MR) is 391 cm³/mol. The van der Waals surface area contributed by atoms with Gasteiger partial charge in [-0.15, -0.1) is 0 Å². The standard InChI is InChI=1S/C77H150O17P2/c1-7-11-13-15-17-19-35-41-47-53-59-74(79)87-65-72(93-76(81)61-55-49-43-36-20-18-16-14-12-8-2)67-91-95(83,84)89-63-71(78)64-90-96(85,86)92-68-73(94-77(82)62-56-50-44-38-32-28-24-22-26-30-34-40-46-52-58-70(6)10-4)66-88-75(80)60-54-48-42-37-31-27-23-21-25-29-33-39-45-51-57-69(5)9-3/h69-73,78H,7-68H2,1-6H3,(H,83,84)(H,85,86)/t69?,70?,71-,72+,73+/m0/s1. The number of carbonyl (C=O) groups is 4. The van der Waals surface area contributed by atoms with Gasteiger partial charge in [-0.1, -0.05) is 350 Å². The normalized spacial score (nSPS) is 14.6. The lowest BCUT2D eigenvalue weighted by Gasteiger charge is -2.21. The van der Waals surface area contributed by atoms with Crippen molar-refractivity contribution >= 4 is 39.5 Å². The lowest BCUT2D eigenvalue weighted by Crippen LogP contribution is -2.30. The highest BCUT2D eigenvalue weighted by molar-refractivity contribution is 7.47. The van der Waals surface area contributed by atoms with Gasteiger partial charge >= 0.3 is 39.5 Å². The SMILES string of the molecule is CCCCCCCCCCCCC(=O)OC[C@H](COP(=O)(O)OC[C@H](O)COP(=O)(O)OC[C@@H](COC(=O)CCCCCCCCCCCCCCCCC(C)CC)OC(=O)CCCCCCCCCCCCCCCCC(C)CC)OC(=O)CCCCCCCCCCCC. The molecule has 0 saturated carbocycles. The van der Waals surface area contributed by atoms with Crippen molar-refractivity contribution in [2.24, 2.45) is 11.8 Å². The molecule has 0 rings (SSSR count). The summed E-state index contributed by atoms with van der Waals surface area (Å²) < 4.78 is 68.5. The van der Waals surface area contributed by atoms with Crippen molar-refractivity contribution in [1.29, 1.82) is 0 Å². The van der Waals surface area contributed by atoms with Gasteiger partial charge in [0.05, 0.1) is 26.4 Å². The van der Waals surface area contributed by atoms with Crippen LogP contribution < -0.4 is 0 Å². The monoisotopic (exact) mass is 1410 g/mol. The maximum absolute atomic E-state index is 13.1. The van der Waals surface area contributed by atoms with E-state index in [2.05, 4.69) is 41.5 Å². The second-order valence-corrected chi connectivity index (χ2v) is 31.1. The number of phosphoric acid groups is 2. The van der Waals surface area contributed by atoms with Crippen LogP contribution in [-0.4, -0.2) is 96.7 Å². The van der Waals surface area contributed by atoms with Crippen LogP contribution in [-0.2, 0) is 65.4 Å². The number of aliphatic hydroxyl groups excluding tert-OH is 1. The first-order valence-corrected chi connectivity index (χ1v) is 43.1. The summed E-state index contributed by atoms with van der Waals surface area (Å²) in [6.07, 6.45) is 56.7. The Bertz CT molecular complexity index is 1860. The molecule has 0 fully saturated rings. The van der Waals surface area contributed by atoms with E-state index in [1.165, 1.54) is 218 Å². The van der Waals surface area contributed by atoms with Crippen LogP contribution in [0.4, 0.5) is 0 Å². The van der Waals surface area contributed by atoms with E-state index in [0.29, 0.717) is 25.7 Å². The highest BCUT2D eigenvalue weighted by Crippen LogP contribution is 2.45. The fourth-order valence-corrected chi connectivity index (χ4v) is 13.3. The topological polar surface area (TPSA) is 237 Å². The molecule has 0 heterocycles. The Hall–Kier alpha value is -1.94. The number of hydrogen-bond donors (Lipinski definition) is 3. The number of hydrogen-bond acceptors (Lipinski definition) is 15. The largest absolute Gasteiger partial charge is 0.472 e. The van der Waals surface area contributed by atoms with E-state index in [1.807, 2.05) is 0 Å². The third-order valence-electron chi connectivity index (χ3n) is 18.7. The first-order chi connectivity index (χ1) is 46.4. The van der Waals surface area contributed by atoms with Crippen LogP contribution >= 0.6 is 15.6 Å². The summed E-state index contributed by atoms with van der Waals surface area (Å²) in [6.45, 7) is 9.70. The van der Waals surface area contributed by atoms with Crippen molar-refractivity contribution in [2.45, 2.75) is 419 Å². The molecule has 0 aromatic rings. The van der Waals surface area contributed by atoms with E-state index in [1.54, 1.807) is 0 Å². The van der Waals surface area contributed by atoms with Crippen LogP contribution in [0.1, 0.15) is 401 Å². The molecule has 19 heteroatoms. The second kappa shape index (κ2) is 68.8. The molecule has 0 radical (unpaired) electrons. The molecule has 7 atom stereocenters. The van der Waals surface area contributed by atoms with Crippen molar-refractivity contribution in [1.82, 2.24) is 0 Å². The lowest BCUT2D eigenvalue weighted by molar-refractivity contribution is -0.161. The number of rotatable bonds is 76. The van der Waals surface area contributed by atoms with Crippen molar-refractivity contribution < 1.29 is 80.2 Å². The highest BCUT2D eigenvalue weighted by atomic mass is 31.2. The molecule has 4 unspecified atom stereocenters. The van der Waals surface area contributed by atoms with Gasteiger partial charge in [0, 0.05) is 25.7 Å². The molecule has 0 aliphatic carbocycles. The summed E-state index contributed by atoms with van der Waals surface area (Å²) in [5.74, 6) is -0.418. The molecule has 570 valence electrons. The Morgan fingerprint density at radius 1 is 0.292 bits per heavy atom. The number of ether oxygens (including phenoxy) is 4. The van der Waals surface area contributed by atoms with Gasteiger partial charge in [-0.3, -0.25) is 37.3 Å². The first kappa shape index (κ1) is 94.1. The Kier molecular flexibility index (Phi) is 67.4. The molecule has 0 spiro atoms. The number of esters is 4. The summed E-state index contributed by atoms with van der Waals surface area (Å²) in [4.78, 5) is 72.8. The minimum atomic E-state index is -4.96. The number of carbonyl (C=O) groups excluding carboxylic acids is 4. The average molecular weight is 1410 g/mol. The molecule has 0 aliphatic heterocycles. The van der Waals surface area contributed by atoms with Gasteiger partial charge in [0.2, 0.25) is 0 Å². The zero-order valence-electron chi connectivity index (χ0n) is 62.7. The van der Waals surface area contributed by atoms with E-state index in [0.717, 1.165) is 102 Å². The number of aliphatic hydroxyl groups is 1. The minimum absolute atomic E-state index is 0.107. The van der Waals surface area contributed by atoms with E-state index in [-0.39, 0.29) is 25.7 Å². The molecule has 0 aliphatic rings. The maximum Gasteiger partial charge on any atom is 0.472 e. The third-order valence-corrected chi connectivity index (χ3v) is 20.6. The fraction of sp³-hybridized carbons (Fsp3) is 0.948. The molecule has 0 saturated heterocycles. The van der Waals surface area contributed by atoms with Gasteiger partial charge in [-0.25, -0.2) is 9.13 Å². The highest BCUT2D eigenvalue weighted by Gasteiger charge is 2.30. The molecule has 3 N–H and O–H groups in total. The predicted octanol–water partition coefficient (Wildman–Crippen LogP) is 22.7. The third kappa shape index (κ3) is 67.9. The van der Waals surface area contributed by atoms with Crippen LogP contribution in [0.15, 0.2) is 0 Å². The van der Waals surface area contributed by atoms with Gasteiger partial charge in [0.25, 0.3) is 0 Å². The lowest BCUT2D eigenvalue weighted by atomic mass is 9.99. The maximum atomic E-state index is 13.1. The van der Waals surface area contributed by atoms with E-state index in [4.69, 9.17) is 37.0 Å². The zero-order valence-corrected chi connectivity index (χ0v) is 64.5. The van der Waals surface area contributed by atoms with Crippen LogP contribution in [0.3, 0.4) is 0 Å². The fourth-order valence-electron chi connectivity index (χ4n) is 11.8. The van der Waals surface area contributed by atoms with E-state index >= 15 is 0 Å². The van der Waals surface area contributed by atoms with Crippen LogP contribution in [0.25, 0.3) is 0 Å². The molecule has 0 bridgehead atoms. The molecular weight excluding hydrogens is 1260 g/mol. The summed E-state index contributed by atoms with van der Waals surface area (Å²) in [5, 5.41) is 10.6. The van der Waals surface area contributed by atoms with Crippen molar-refractivity contribution in [3.63, 3.8) is 0 Å². The Balaban J connectivity index is 5.22. The molecule has 17 nitrogen and oxygen atoms in total. The quantitative estimate of drug-likeness (QED) is 0.0222. The average Bonchev–Trinajstić information content (AvgIpc) is 1.50.